The molecule has 0 spiro atoms. The van der Waals surface area contributed by atoms with Crippen LogP contribution >= 0.6 is 11.6 Å². The first-order chi connectivity index (χ1) is 14.0. The lowest BCUT2D eigenvalue weighted by Gasteiger charge is -2.14. The average molecular weight is 408 g/mol. The van der Waals surface area contributed by atoms with Crippen LogP contribution in [0.25, 0.3) is 0 Å². The van der Waals surface area contributed by atoms with Crippen LogP contribution in [-0.2, 0) is 0 Å². The standard InChI is InChI=1S/C22H14ClNO5/c1-28-16-9-5-15(6-10-16)24-20(25)18-11-2-13(12-19(18)21(24)26)22(27)29-17-7-3-14(23)4-8-17/h2-12H,1H3. The van der Waals surface area contributed by atoms with Gasteiger partial charge in [0, 0.05) is 5.02 Å². The maximum absolute atomic E-state index is 12.8. The molecule has 1 aliphatic heterocycles. The quantitative estimate of drug-likeness (QED) is 0.365. The lowest BCUT2D eigenvalue weighted by atomic mass is 10.1. The summed E-state index contributed by atoms with van der Waals surface area (Å²) in [5.74, 6) is -0.665. The van der Waals surface area contributed by atoms with Gasteiger partial charge in [-0.05, 0) is 66.7 Å². The SMILES string of the molecule is COc1ccc(N2C(=O)c3ccc(C(=O)Oc4ccc(Cl)cc4)cc3C2=O)cc1. The van der Waals surface area contributed by atoms with Gasteiger partial charge in [-0.3, -0.25) is 9.59 Å². The van der Waals surface area contributed by atoms with Crippen molar-refractivity contribution in [2.75, 3.05) is 12.0 Å². The summed E-state index contributed by atoms with van der Waals surface area (Å²) < 4.78 is 10.4. The maximum Gasteiger partial charge on any atom is 0.343 e. The Balaban J connectivity index is 1.60. The molecule has 1 aliphatic rings. The van der Waals surface area contributed by atoms with E-state index in [1.54, 1.807) is 48.5 Å². The zero-order valence-electron chi connectivity index (χ0n) is 15.2. The van der Waals surface area contributed by atoms with Crippen LogP contribution in [0.3, 0.4) is 0 Å². The van der Waals surface area contributed by atoms with Crippen LogP contribution in [0.1, 0.15) is 31.1 Å². The van der Waals surface area contributed by atoms with Crippen LogP contribution < -0.4 is 14.4 Å². The number of fused-ring (bicyclic) bond motifs is 1. The molecule has 0 fully saturated rings. The maximum atomic E-state index is 12.8. The summed E-state index contributed by atoms with van der Waals surface area (Å²) >= 11 is 5.82. The fourth-order valence-corrected chi connectivity index (χ4v) is 3.13. The van der Waals surface area contributed by atoms with Crippen LogP contribution in [0.2, 0.25) is 5.02 Å². The third kappa shape index (κ3) is 3.46. The number of esters is 1. The summed E-state index contributed by atoms with van der Waals surface area (Å²) in [6.45, 7) is 0. The van der Waals surface area contributed by atoms with Crippen molar-refractivity contribution in [2.24, 2.45) is 0 Å². The zero-order chi connectivity index (χ0) is 20.5. The molecule has 0 N–H and O–H groups in total. The molecule has 0 radical (unpaired) electrons. The number of rotatable bonds is 4. The van der Waals surface area contributed by atoms with Crippen molar-refractivity contribution in [2.45, 2.75) is 0 Å². The molecule has 2 amide bonds. The van der Waals surface area contributed by atoms with Crippen LogP contribution in [0.15, 0.2) is 66.7 Å². The second-order valence-corrected chi connectivity index (χ2v) is 6.68. The number of hydrogen-bond donors (Lipinski definition) is 0. The van der Waals surface area contributed by atoms with Crippen molar-refractivity contribution in [3.63, 3.8) is 0 Å². The number of methoxy groups -OCH3 is 1. The van der Waals surface area contributed by atoms with E-state index in [0.717, 1.165) is 4.90 Å². The summed E-state index contributed by atoms with van der Waals surface area (Å²) in [5, 5.41) is 0.519. The van der Waals surface area contributed by atoms with E-state index in [0.29, 0.717) is 22.2 Å². The van der Waals surface area contributed by atoms with Crippen molar-refractivity contribution in [1.82, 2.24) is 0 Å². The molecular weight excluding hydrogens is 394 g/mol. The molecule has 4 rings (SSSR count). The smallest absolute Gasteiger partial charge is 0.343 e. The number of ether oxygens (including phenoxy) is 2. The number of imide groups is 1. The van der Waals surface area contributed by atoms with Gasteiger partial charge in [0.25, 0.3) is 11.8 Å². The van der Waals surface area contributed by atoms with Crippen LogP contribution in [-0.4, -0.2) is 24.9 Å². The number of hydrogen-bond acceptors (Lipinski definition) is 5. The first-order valence-electron chi connectivity index (χ1n) is 8.62. The zero-order valence-corrected chi connectivity index (χ0v) is 16.0. The van der Waals surface area contributed by atoms with E-state index in [2.05, 4.69) is 0 Å². The topological polar surface area (TPSA) is 72.9 Å². The fraction of sp³-hybridized carbons (Fsp3) is 0.0455. The highest BCUT2D eigenvalue weighted by molar-refractivity contribution is 6.34. The van der Waals surface area contributed by atoms with Gasteiger partial charge >= 0.3 is 5.97 Å². The van der Waals surface area contributed by atoms with E-state index < -0.39 is 17.8 Å². The summed E-state index contributed by atoms with van der Waals surface area (Å²) in [5.41, 5.74) is 0.962. The van der Waals surface area contributed by atoms with Crippen molar-refractivity contribution in [3.8, 4) is 11.5 Å². The highest BCUT2D eigenvalue weighted by atomic mass is 35.5. The summed E-state index contributed by atoms with van der Waals surface area (Å²) in [7, 11) is 1.53. The molecule has 6 nitrogen and oxygen atoms in total. The minimum atomic E-state index is -0.640. The van der Waals surface area contributed by atoms with E-state index in [9.17, 15) is 14.4 Å². The third-order valence-corrected chi connectivity index (χ3v) is 4.73. The Morgan fingerprint density at radius 1 is 0.828 bits per heavy atom. The third-order valence-electron chi connectivity index (χ3n) is 4.48. The largest absolute Gasteiger partial charge is 0.497 e. The Bertz CT molecular complexity index is 1120. The highest BCUT2D eigenvalue weighted by Crippen LogP contribution is 2.30. The number of carbonyl (C=O) groups is 3. The molecule has 0 aliphatic carbocycles. The van der Waals surface area contributed by atoms with Gasteiger partial charge in [0.15, 0.2) is 0 Å². The van der Waals surface area contributed by atoms with Gasteiger partial charge in [-0.2, -0.15) is 0 Å². The van der Waals surface area contributed by atoms with E-state index in [1.165, 1.54) is 25.3 Å². The summed E-state index contributed by atoms with van der Waals surface area (Å²) in [6, 6.07) is 17.2. The molecule has 7 heteroatoms. The van der Waals surface area contributed by atoms with Crippen LogP contribution in [0.5, 0.6) is 11.5 Å². The van der Waals surface area contributed by atoms with E-state index >= 15 is 0 Å². The van der Waals surface area contributed by atoms with Crippen molar-refractivity contribution in [3.05, 3.63) is 88.4 Å². The number of anilines is 1. The van der Waals surface area contributed by atoms with Crippen molar-refractivity contribution in [1.29, 1.82) is 0 Å². The molecule has 3 aromatic carbocycles. The Kier molecular flexibility index (Phi) is 4.78. The summed E-state index contributed by atoms with van der Waals surface area (Å²) in [6.07, 6.45) is 0. The molecule has 0 saturated heterocycles. The lowest BCUT2D eigenvalue weighted by molar-refractivity contribution is 0.0734. The van der Waals surface area contributed by atoms with Crippen molar-refractivity contribution < 1.29 is 23.9 Å². The van der Waals surface area contributed by atoms with Gasteiger partial charge in [-0.15, -0.1) is 0 Å². The molecule has 29 heavy (non-hydrogen) atoms. The lowest BCUT2D eigenvalue weighted by Crippen LogP contribution is -2.29. The van der Waals surface area contributed by atoms with Crippen molar-refractivity contribution >= 4 is 35.1 Å². The van der Waals surface area contributed by atoms with Gasteiger partial charge < -0.3 is 9.47 Å². The second-order valence-electron chi connectivity index (χ2n) is 6.25. The molecule has 144 valence electrons. The van der Waals surface area contributed by atoms with Crippen LogP contribution in [0, 0.1) is 0 Å². The number of nitrogens with zero attached hydrogens (tertiary/aromatic N) is 1. The normalized spacial score (nSPS) is 12.7. The number of halogens is 1. The number of benzene rings is 3. The predicted octanol–water partition coefficient (Wildman–Crippen LogP) is 4.37. The van der Waals surface area contributed by atoms with Gasteiger partial charge in [-0.1, -0.05) is 11.6 Å². The van der Waals surface area contributed by atoms with E-state index in [1.807, 2.05) is 0 Å². The molecular formula is C22H14ClNO5. The minimum Gasteiger partial charge on any atom is -0.497 e. The predicted molar refractivity (Wildman–Crippen MR) is 107 cm³/mol. The molecule has 0 unspecified atom stereocenters. The van der Waals surface area contributed by atoms with Gasteiger partial charge in [0.2, 0.25) is 0 Å². The molecule has 1 heterocycles. The molecule has 0 bridgehead atoms. The first-order valence-corrected chi connectivity index (χ1v) is 9.00. The Labute approximate surface area is 171 Å². The second kappa shape index (κ2) is 7.41. The van der Waals surface area contributed by atoms with Gasteiger partial charge in [0.05, 0.1) is 29.5 Å². The number of carbonyl (C=O) groups excluding carboxylic acids is 3. The number of amides is 2. The first kappa shape index (κ1) is 18.7. The molecule has 0 aromatic heterocycles. The van der Waals surface area contributed by atoms with E-state index in [4.69, 9.17) is 21.1 Å². The molecule has 3 aromatic rings. The Morgan fingerprint density at radius 3 is 2.10 bits per heavy atom. The summed E-state index contributed by atoms with van der Waals surface area (Å²) in [4.78, 5) is 39.0. The fourth-order valence-electron chi connectivity index (χ4n) is 3.00. The average Bonchev–Trinajstić information content (AvgIpc) is 2.99. The highest BCUT2D eigenvalue weighted by Gasteiger charge is 2.37. The van der Waals surface area contributed by atoms with Crippen LogP contribution in [0.4, 0.5) is 5.69 Å². The Morgan fingerprint density at radius 2 is 1.45 bits per heavy atom. The molecule has 0 saturated carbocycles. The van der Waals surface area contributed by atoms with Gasteiger partial charge in [-0.25, -0.2) is 9.69 Å². The van der Waals surface area contributed by atoms with E-state index in [-0.39, 0.29) is 16.7 Å². The Hall–Kier alpha value is -3.64. The minimum absolute atomic E-state index is 0.149. The van der Waals surface area contributed by atoms with Gasteiger partial charge in [0.1, 0.15) is 11.5 Å². The molecule has 0 atom stereocenters. The monoisotopic (exact) mass is 407 g/mol.